The van der Waals surface area contributed by atoms with E-state index in [1.165, 1.54) is 0 Å². The molecule has 0 spiro atoms. The highest BCUT2D eigenvalue weighted by atomic mass is 32.1. The molecule has 0 radical (unpaired) electrons. The van der Waals surface area contributed by atoms with E-state index in [0.717, 1.165) is 63.8 Å². The number of ether oxygens (including phenoxy) is 1. The quantitative estimate of drug-likeness (QED) is 0.554. The van der Waals surface area contributed by atoms with Crippen molar-refractivity contribution in [2.75, 3.05) is 36.5 Å². The summed E-state index contributed by atoms with van der Waals surface area (Å²) in [6, 6.07) is 13.9. The van der Waals surface area contributed by atoms with Crippen LogP contribution in [0.2, 0.25) is 0 Å². The number of anilines is 2. The molecule has 142 valence electrons. The Labute approximate surface area is 166 Å². The lowest BCUT2D eigenvalue weighted by molar-refractivity contribution is -0.115. The van der Waals surface area contributed by atoms with E-state index in [1.807, 2.05) is 48.7 Å². The molecule has 1 amide bonds. The van der Waals surface area contributed by atoms with Crippen LogP contribution in [-0.4, -0.2) is 42.2 Å². The molecule has 2 aromatic heterocycles. The van der Waals surface area contributed by atoms with E-state index in [-0.39, 0.29) is 5.91 Å². The molecular formula is C21H20N4O2S. The molecule has 0 unspecified atom stereocenters. The van der Waals surface area contributed by atoms with Gasteiger partial charge < -0.3 is 19.9 Å². The highest BCUT2D eigenvalue weighted by Gasteiger charge is 2.16. The number of para-hydroxylation sites is 1. The van der Waals surface area contributed by atoms with Crippen molar-refractivity contribution in [3.63, 3.8) is 0 Å². The first-order valence-corrected chi connectivity index (χ1v) is 10.2. The van der Waals surface area contributed by atoms with Gasteiger partial charge >= 0.3 is 0 Å². The summed E-state index contributed by atoms with van der Waals surface area (Å²) in [6.07, 6.45) is 2.25. The summed E-state index contributed by atoms with van der Waals surface area (Å²) >= 11 is 1.66. The van der Waals surface area contributed by atoms with Gasteiger partial charge in [-0.25, -0.2) is 4.98 Å². The number of aromatic amines is 1. The molecule has 0 bridgehead atoms. The molecule has 6 nitrogen and oxygen atoms in total. The van der Waals surface area contributed by atoms with E-state index >= 15 is 0 Å². The monoisotopic (exact) mass is 392 g/mol. The molecule has 3 heterocycles. The van der Waals surface area contributed by atoms with Crippen LogP contribution in [-0.2, 0) is 16.0 Å². The Hall–Kier alpha value is -2.90. The van der Waals surface area contributed by atoms with Crippen molar-refractivity contribution in [1.82, 2.24) is 9.97 Å². The highest BCUT2D eigenvalue weighted by molar-refractivity contribution is 7.22. The van der Waals surface area contributed by atoms with Crippen LogP contribution in [0.1, 0.15) is 5.56 Å². The third kappa shape index (κ3) is 3.34. The average molecular weight is 392 g/mol. The van der Waals surface area contributed by atoms with E-state index in [4.69, 9.17) is 9.72 Å². The van der Waals surface area contributed by atoms with Gasteiger partial charge in [0, 0.05) is 35.9 Å². The number of thiazole rings is 1. The number of nitrogens with one attached hydrogen (secondary N) is 2. The lowest BCUT2D eigenvalue weighted by Crippen LogP contribution is -2.36. The largest absolute Gasteiger partial charge is 0.378 e. The summed E-state index contributed by atoms with van der Waals surface area (Å²) < 4.78 is 6.49. The maximum atomic E-state index is 12.6. The number of carbonyl (C=O) groups excluding carboxylic acids is 1. The number of hydrogen-bond acceptors (Lipinski definition) is 5. The van der Waals surface area contributed by atoms with Gasteiger partial charge in [-0.15, -0.1) is 0 Å². The van der Waals surface area contributed by atoms with Crippen molar-refractivity contribution >= 4 is 49.2 Å². The molecule has 1 aliphatic heterocycles. The second-order valence-corrected chi connectivity index (χ2v) is 7.87. The fraction of sp³-hybridized carbons (Fsp3) is 0.238. The smallest absolute Gasteiger partial charge is 0.228 e. The first-order valence-electron chi connectivity index (χ1n) is 9.34. The molecule has 0 saturated carbocycles. The Morgan fingerprint density at radius 2 is 2.07 bits per heavy atom. The first-order chi connectivity index (χ1) is 13.8. The summed E-state index contributed by atoms with van der Waals surface area (Å²) in [5.41, 5.74) is 3.81. The fourth-order valence-electron chi connectivity index (χ4n) is 3.54. The molecule has 2 N–H and O–H groups in total. The Morgan fingerprint density at radius 1 is 1.21 bits per heavy atom. The lowest BCUT2D eigenvalue weighted by atomic mass is 10.1. The van der Waals surface area contributed by atoms with Crippen molar-refractivity contribution < 1.29 is 9.53 Å². The zero-order valence-electron chi connectivity index (χ0n) is 15.3. The lowest BCUT2D eigenvalue weighted by Gasteiger charge is -2.25. The SMILES string of the molecule is O=C(Cc1c[nH]c2ccccc12)Nc1ccc2nc(N3CCOCC3)sc2c1. The molecule has 28 heavy (non-hydrogen) atoms. The van der Waals surface area contributed by atoms with Crippen molar-refractivity contribution in [1.29, 1.82) is 0 Å². The van der Waals surface area contributed by atoms with Gasteiger partial charge in [0.05, 0.1) is 29.9 Å². The van der Waals surface area contributed by atoms with E-state index in [1.54, 1.807) is 11.3 Å². The summed E-state index contributed by atoms with van der Waals surface area (Å²) in [5.74, 6) is -0.0259. The molecule has 0 atom stereocenters. The van der Waals surface area contributed by atoms with Crippen LogP contribution < -0.4 is 10.2 Å². The van der Waals surface area contributed by atoms with Gasteiger partial charge in [-0.3, -0.25) is 4.79 Å². The number of hydrogen-bond donors (Lipinski definition) is 2. The summed E-state index contributed by atoms with van der Waals surface area (Å²) in [4.78, 5) is 22.7. The zero-order valence-corrected chi connectivity index (χ0v) is 16.1. The molecule has 1 aliphatic rings. The minimum absolute atomic E-state index is 0.0259. The molecular weight excluding hydrogens is 372 g/mol. The van der Waals surface area contributed by atoms with Crippen LogP contribution in [0.4, 0.5) is 10.8 Å². The van der Waals surface area contributed by atoms with Crippen molar-refractivity contribution in [3.05, 3.63) is 54.2 Å². The molecule has 5 rings (SSSR count). The Balaban J connectivity index is 1.32. The van der Waals surface area contributed by atoms with Crippen molar-refractivity contribution in [3.8, 4) is 0 Å². The second kappa shape index (κ2) is 7.26. The van der Waals surface area contributed by atoms with Crippen LogP contribution in [0.5, 0.6) is 0 Å². The molecule has 1 fully saturated rings. The number of aromatic nitrogens is 2. The number of amides is 1. The maximum Gasteiger partial charge on any atom is 0.228 e. The number of H-pyrrole nitrogens is 1. The van der Waals surface area contributed by atoms with Crippen molar-refractivity contribution in [2.45, 2.75) is 6.42 Å². The van der Waals surface area contributed by atoms with Crippen LogP contribution in [0, 0.1) is 0 Å². The van der Waals surface area contributed by atoms with Gasteiger partial charge in [0.25, 0.3) is 0 Å². The number of fused-ring (bicyclic) bond motifs is 2. The zero-order chi connectivity index (χ0) is 18.9. The predicted octanol–water partition coefficient (Wildman–Crippen LogP) is 3.80. The number of nitrogens with zero attached hydrogens (tertiary/aromatic N) is 2. The Kier molecular flexibility index (Phi) is 4.46. The Morgan fingerprint density at radius 3 is 2.96 bits per heavy atom. The first kappa shape index (κ1) is 17.2. The third-order valence-corrected chi connectivity index (χ3v) is 6.05. The minimum Gasteiger partial charge on any atom is -0.378 e. The molecule has 0 aliphatic carbocycles. The van der Waals surface area contributed by atoms with Gasteiger partial charge in [0.2, 0.25) is 5.91 Å². The van der Waals surface area contributed by atoms with Gasteiger partial charge in [0.1, 0.15) is 0 Å². The minimum atomic E-state index is -0.0259. The van der Waals surface area contributed by atoms with Crippen molar-refractivity contribution in [2.24, 2.45) is 0 Å². The molecule has 1 saturated heterocycles. The topological polar surface area (TPSA) is 70.2 Å². The second-order valence-electron chi connectivity index (χ2n) is 6.86. The van der Waals surface area contributed by atoms with Gasteiger partial charge in [0.15, 0.2) is 5.13 Å². The third-order valence-electron chi connectivity index (χ3n) is 4.97. The Bertz CT molecular complexity index is 1140. The summed E-state index contributed by atoms with van der Waals surface area (Å²) in [5, 5.41) is 5.12. The average Bonchev–Trinajstić information content (AvgIpc) is 3.33. The predicted molar refractivity (Wildman–Crippen MR) is 113 cm³/mol. The fourth-order valence-corrected chi connectivity index (χ4v) is 4.59. The van der Waals surface area contributed by atoms with Crippen LogP contribution in [0.15, 0.2) is 48.7 Å². The summed E-state index contributed by atoms with van der Waals surface area (Å²) in [7, 11) is 0. The van der Waals surface area contributed by atoms with E-state index < -0.39 is 0 Å². The van der Waals surface area contributed by atoms with E-state index in [9.17, 15) is 4.79 Å². The van der Waals surface area contributed by atoms with Crippen LogP contribution in [0.3, 0.4) is 0 Å². The van der Waals surface area contributed by atoms with Gasteiger partial charge in [-0.2, -0.15) is 0 Å². The van der Waals surface area contributed by atoms with Crippen LogP contribution >= 0.6 is 11.3 Å². The molecule has 7 heteroatoms. The number of rotatable bonds is 4. The van der Waals surface area contributed by atoms with E-state index in [2.05, 4.69) is 15.2 Å². The molecule has 4 aromatic rings. The number of carbonyl (C=O) groups is 1. The van der Waals surface area contributed by atoms with E-state index in [0.29, 0.717) is 6.42 Å². The highest BCUT2D eigenvalue weighted by Crippen LogP contribution is 2.31. The van der Waals surface area contributed by atoms with Gasteiger partial charge in [-0.05, 0) is 29.8 Å². The number of benzene rings is 2. The standard InChI is InChI=1S/C21H20N4O2S/c26-20(11-14-13-22-17-4-2-1-3-16(14)17)23-15-5-6-18-19(12-15)28-21(24-18)25-7-9-27-10-8-25/h1-6,12-13,22H,7-11H2,(H,23,26). The van der Waals surface area contributed by atoms with Crippen LogP contribution in [0.25, 0.3) is 21.1 Å². The maximum absolute atomic E-state index is 12.6. The molecule has 2 aromatic carbocycles. The normalized spacial score (nSPS) is 14.6. The summed E-state index contributed by atoms with van der Waals surface area (Å²) in [6.45, 7) is 3.22. The number of morpholine rings is 1. The van der Waals surface area contributed by atoms with Gasteiger partial charge in [-0.1, -0.05) is 29.5 Å².